The molecule has 5 nitrogen and oxygen atoms in total. The van der Waals surface area contributed by atoms with E-state index in [0.717, 1.165) is 0 Å². The van der Waals surface area contributed by atoms with Gasteiger partial charge in [0.1, 0.15) is 5.78 Å². The third-order valence-electron chi connectivity index (χ3n) is 1.76. The topological polar surface area (TPSA) is 60.7 Å². The third kappa shape index (κ3) is 2.90. The molecule has 0 aromatic carbocycles. The maximum Gasteiger partial charge on any atom is 0.175 e. The van der Waals surface area contributed by atoms with Gasteiger partial charge in [-0.15, -0.1) is 10.2 Å². The SMILES string of the molecule is CC(=O)CCc1nnn(C(C)(C)C)n1. The second kappa shape index (κ2) is 3.86. The lowest BCUT2D eigenvalue weighted by molar-refractivity contribution is -0.117. The van der Waals surface area contributed by atoms with Crippen LogP contribution in [-0.2, 0) is 16.8 Å². The van der Waals surface area contributed by atoms with Crippen LogP contribution in [0.5, 0.6) is 0 Å². The molecule has 1 aromatic rings. The Labute approximate surface area is 83.5 Å². The minimum absolute atomic E-state index is 0.150. The van der Waals surface area contributed by atoms with Crippen LogP contribution in [0, 0.1) is 0 Å². The molecule has 1 aromatic heterocycles. The number of hydrogen-bond acceptors (Lipinski definition) is 4. The third-order valence-corrected chi connectivity index (χ3v) is 1.76. The van der Waals surface area contributed by atoms with Crippen molar-refractivity contribution in [2.45, 2.75) is 46.1 Å². The molecule has 0 saturated carbocycles. The first kappa shape index (κ1) is 10.8. The van der Waals surface area contributed by atoms with E-state index in [4.69, 9.17) is 0 Å². The number of Topliss-reactive ketones (excluding diaryl/α,β-unsaturated/α-hetero) is 1. The minimum Gasteiger partial charge on any atom is -0.300 e. The highest BCUT2D eigenvalue weighted by molar-refractivity contribution is 5.75. The van der Waals surface area contributed by atoms with E-state index < -0.39 is 0 Å². The molecule has 0 radical (unpaired) electrons. The van der Waals surface area contributed by atoms with Gasteiger partial charge in [0.2, 0.25) is 0 Å². The van der Waals surface area contributed by atoms with Crippen LogP contribution in [0.25, 0.3) is 0 Å². The van der Waals surface area contributed by atoms with Crippen LogP contribution in [0.1, 0.15) is 39.9 Å². The number of aryl methyl sites for hydroxylation is 1. The first-order valence-electron chi connectivity index (χ1n) is 4.68. The van der Waals surface area contributed by atoms with Crippen LogP contribution >= 0.6 is 0 Å². The summed E-state index contributed by atoms with van der Waals surface area (Å²) in [7, 11) is 0. The highest BCUT2D eigenvalue weighted by Crippen LogP contribution is 2.09. The lowest BCUT2D eigenvalue weighted by atomic mass is 10.1. The lowest BCUT2D eigenvalue weighted by Crippen LogP contribution is -2.24. The zero-order chi connectivity index (χ0) is 10.8. The van der Waals surface area contributed by atoms with Gasteiger partial charge in [0, 0.05) is 12.8 Å². The Morgan fingerprint density at radius 2 is 2.07 bits per heavy atom. The quantitative estimate of drug-likeness (QED) is 0.722. The van der Waals surface area contributed by atoms with E-state index in [9.17, 15) is 4.79 Å². The summed E-state index contributed by atoms with van der Waals surface area (Å²) < 4.78 is 0. The summed E-state index contributed by atoms with van der Waals surface area (Å²) in [6.07, 6.45) is 1.06. The van der Waals surface area contributed by atoms with Crippen molar-refractivity contribution in [1.29, 1.82) is 0 Å². The summed E-state index contributed by atoms with van der Waals surface area (Å²) in [5, 5.41) is 12.0. The van der Waals surface area contributed by atoms with E-state index in [1.807, 2.05) is 20.8 Å². The van der Waals surface area contributed by atoms with Gasteiger partial charge < -0.3 is 4.79 Å². The van der Waals surface area contributed by atoms with Crippen molar-refractivity contribution in [2.24, 2.45) is 0 Å². The van der Waals surface area contributed by atoms with E-state index in [-0.39, 0.29) is 11.3 Å². The molecule has 14 heavy (non-hydrogen) atoms. The van der Waals surface area contributed by atoms with Gasteiger partial charge in [-0.05, 0) is 32.9 Å². The predicted octanol–water partition coefficient (Wildman–Crippen LogP) is 0.950. The normalized spacial score (nSPS) is 11.7. The second-order valence-corrected chi connectivity index (χ2v) is 4.37. The van der Waals surface area contributed by atoms with Crippen LogP contribution < -0.4 is 0 Å². The van der Waals surface area contributed by atoms with E-state index in [1.165, 1.54) is 0 Å². The molecule has 78 valence electrons. The first-order valence-corrected chi connectivity index (χ1v) is 4.68. The van der Waals surface area contributed by atoms with Crippen molar-refractivity contribution in [3.63, 3.8) is 0 Å². The summed E-state index contributed by atoms with van der Waals surface area (Å²) in [6, 6.07) is 0. The van der Waals surface area contributed by atoms with Crippen molar-refractivity contribution in [3.05, 3.63) is 5.82 Å². The maximum atomic E-state index is 10.7. The number of hydrogen-bond donors (Lipinski definition) is 0. The summed E-state index contributed by atoms with van der Waals surface area (Å²) in [5.74, 6) is 0.784. The Morgan fingerprint density at radius 1 is 1.43 bits per heavy atom. The van der Waals surface area contributed by atoms with Gasteiger partial charge in [-0.1, -0.05) is 0 Å². The van der Waals surface area contributed by atoms with E-state index >= 15 is 0 Å². The Balaban J connectivity index is 2.64. The van der Waals surface area contributed by atoms with E-state index in [0.29, 0.717) is 18.7 Å². The van der Waals surface area contributed by atoms with Crippen LogP contribution in [0.15, 0.2) is 0 Å². The molecule has 0 spiro atoms. The molecular formula is C9H16N4O. The van der Waals surface area contributed by atoms with Gasteiger partial charge in [0.15, 0.2) is 5.82 Å². The number of carbonyl (C=O) groups is 1. The Kier molecular flexibility index (Phi) is 2.98. The molecule has 0 amide bonds. The second-order valence-electron chi connectivity index (χ2n) is 4.37. The monoisotopic (exact) mass is 196 g/mol. The molecular weight excluding hydrogens is 180 g/mol. The van der Waals surface area contributed by atoms with Gasteiger partial charge in [-0.3, -0.25) is 0 Å². The molecule has 0 fully saturated rings. The molecule has 1 heterocycles. The molecule has 0 aliphatic rings. The van der Waals surface area contributed by atoms with Crippen LogP contribution in [-0.4, -0.2) is 26.0 Å². The molecule has 1 rings (SSSR count). The van der Waals surface area contributed by atoms with Crippen LogP contribution in [0.4, 0.5) is 0 Å². The average molecular weight is 196 g/mol. The lowest BCUT2D eigenvalue weighted by Gasteiger charge is -2.15. The molecule has 0 unspecified atom stereocenters. The fraction of sp³-hybridized carbons (Fsp3) is 0.778. The zero-order valence-corrected chi connectivity index (χ0v) is 9.11. The van der Waals surface area contributed by atoms with Crippen molar-refractivity contribution < 1.29 is 4.79 Å². The highest BCUT2D eigenvalue weighted by atomic mass is 16.1. The standard InChI is InChI=1S/C9H16N4O/c1-7(14)5-6-8-10-12-13(11-8)9(2,3)4/h5-6H2,1-4H3. The van der Waals surface area contributed by atoms with Crippen molar-refractivity contribution in [3.8, 4) is 0 Å². The van der Waals surface area contributed by atoms with Gasteiger partial charge in [-0.2, -0.15) is 4.80 Å². The summed E-state index contributed by atoms with van der Waals surface area (Å²) in [6.45, 7) is 7.57. The molecule has 0 aliphatic heterocycles. The number of aromatic nitrogens is 4. The van der Waals surface area contributed by atoms with Gasteiger partial charge in [0.25, 0.3) is 0 Å². The Morgan fingerprint density at radius 3 is 2.50 bits per heavy atom. The van der Waals surface area contributed by atoms with Crippen LogP contribution in [0.3, 0.4) is 0 Å². The molecule has 0 bridgehead atoms. The number of nitrogens with zero attached hydrogens (tertiary/aromatic N) is 4. The van der Waals surface area contributed by atoms with Gasteiger partial charge in [-0.25, -0.2) is 0 Å². The largest absolute Gasteiger partial charge is 0.300 e. The number of tetrazole rings is 1. The van der Waals surface area contributed by atoms with E-state index in [1.54, 1.807) is 11.7 Å². The predicted molar refractivity (Wildman–Crippen MR) is 51.8 cm³/mol. The average Bonchev–Trinajstić information content (AvgIpc) is 2.47. The molecule has 0 saturated heterocycles. The summed E-state index contributed by atoms with van der Waals surface area (Å²) in [5.41, 5.74) is -0.151. The Bertz CT molecular complexity index is 324. The van der Waals surface area contributed by atoms with Gasteiger partial charge >= 0.3 is 0 Å². The minimum atomic E-state index is -0.151. The molecule has 0 atom stereocenters. The van der Waals surface area contributed by atoms with Crippen molar-refractivity contribution in [1.82, 2.24) is 20.2 Å². The van der Waals surface area contributed by atoms with E-state index in [2.05, 4.69) is 15.4 Å². The Hall–Kier alpha value is -1.26. The molecule has 5 heteroatoms. The molecule has 0 N–H and O–H groups in total. The number of rotatable bonds is 3. The summed E-state index contributed by atoms with van der Waals surface area (Å²) in [4.78, 5) is 12.3. The number of ketones is 1. The summed E-state index contributed by atoms with van der Waals surface area (Å²) >= 11 is 0. The van der Waals surface area contributed by atoms with Crippen LogP contribution in [0.2, 0.25) is 0 Å². The van der Waals surface area contributed by atoms with Gasteiger partial charge in [0.05, 0.1) is 5.54 Å². The highest BCUT2D eigenvalue weighted by Gasteiger charge is 2.16. The smallest absolute Gasteiger partial charge is 0.175 e. The fourth-order valence-electron chi connectivity index (χ4n) is 0.915. The first-order chi connectivity index (χ1) is 6.39. The zero-order valence-electron chi connectivity index (χ0n) is 9.11. The molecule has 0 aliphatic carbocycles. The van der Waals surface area contributed by atoms with Crippen molar-refractivity contribution in [2.75, 3.05) is 0 Å². The fourth-order valence-corrected chi connectivity index (χ4v) is 0.915. The number of carbonyl (C=O) groups excluding carboxylic acids is 1. The van der Waals surface area contributed by atoms with Crippen molar-refractivity contribution >= 4 is 5.78 Å². The maximum absolute atomic E-state index is 10.7.